The van der Waals surface area contributed by atoms with Gasteiger partial charge in [-0.05, 0) is 19.1 Å². The molecule has 2 rings (SSSR count). The van der Waals surface area contributed by atoms with E-state index in [1.807, 2.05) is 6.92 Å². The summed E-state index contributed by atoms with van der Waals surface area (Å²) in [6, 6.07) is 6.81. The summed E-state index contributed by atoms with van der Waals surface area (Å²) >= 11 is 0. The Kier molecular flexibility index (Phi) is 3.79. The van der Waals surface area contributed by atoms with Gasteiger partial charge in [0.1, 0.15) is 11.5 Å². The molecule has 0 aliphatic heterocycles. The number of benzene rings is 1. The topological polar surface area (TPSA) is 94.9 Å². The monoisotopic (exact) mass is 276 g/mol. The van der Waals surface area contributed by atoms with Crippen LogP contribution in [0.25, 0.3) is 0 Å². The van der Waals surface area contributed by atoms with Crippen molar-refractivity contribution < 1.29 is 14.7 Å². The molecule has 20 heavy (non-hydrogen) atoms. The summed E-state index contributed by atoms with van der Waals surface area (Å²) in [5.74, 6) is 1.53. The summed E-state index contributed by atoms with van der Waals surface area (Å²) < 4.78 is 12.5. The number of aryl methyl sites for hydroxylation is 2. The Morgan fingerprint density at radius 3 is 2.70 bits per heavy atom. The van der Waals surface area contributed by atoms with E-state index in [9.17, 15) is 0 Å². The molecule has 0 atom stereocenters. The minimum atomic E-state index is -0.0402. The first-order valence-electron chi connectivity index (χ1n) is 5.89. The van der Waals surface area contributed by atoms with Gasteiger partial charge >= 0.3 is 0 Å². The molecule has 1 aromatic carbocycles. The second-order valence-electron chi connectivity index (χ2n) is 4.20. The quantitative estimate of drug-likeness (QED) is 0.383. The lowest BCUT2D eigenvalue weighted by molar-refractivity contribution is 0.318. The minimum Gasteiger partial charge on any atom is -0.497 e. The lowest BCUT2D eigenvalue weighted by Crippen LogP contribution is -2.14. The molecule has 0 saturated carbocycles. The van der Waals surface area contributed by atoms with Gasteiger partial charge in [0.25, 0.3) is 0 Å². The first-order chi connectivity index (χ1) is 9.55. The third-order valence-corrected chi connectivity index (χ3v) is 2.75. The zero-order chi connectivity index (χ0) is 14.7. The molecule has 3 N–H and O–H groups in total. The van der Waals surface area contributed by atoms with E-state index in [1.165, 1.54) is 0 Å². The molecule has 0 aliphatic carbocycles. The molecular weight excluding hydrogens is 260 g/mol. The number of ether oxygens (including phenoxy) is 2. The van der Waals surface area contributed by atoms with Crippen LogP contribution in [0.5, 0.6) is 17.4 Å². The molecule has 106 valence electrons. The van der Waals surface area contributed by atoms with Crippen LogP contribution >= 0.6 is 0 Å². The van der Waals surface area contributed by atoms with E-state index in [-0.39, 0.29) is 5.84 Å². The van der Waals surface area contributed by atoms with Crippen LogP contribution in [-0.4, -0.2) is 27.9 Å². The summed E-state index contributed by atoms with van der Waals surface area (Å²) in [7, 11) is 3.32. The number of hydrogen-bond donors (Lipinski definition) is 2. The maximum absolute atomic E-state index is 8.82. The molecule has 7 nitrogen and oxygen atoms in total. The van der Waals surface area contributed by atoms with E-state index in [0.717, 1.165) is 5.69 Å². The molecule has 1 aromatic heterocycles. The molecule has 7 heteroatoms. The van der Waals surface area contributed by atoms with Gasteiger partial charge in [-0.2, -0.15) is 5.10 Å². The molecule has 0 amide bonds. The maximum Gasteiger partial charge on any atom is 0.217 e. The van der Waals surface area contributed by atoms with Crippen molar-refractivity contribution in [2.24, 2.45) is 17.9 Å². The van der Waals surface area contributed by atoms with Crippen molar-refractivity contribution in [2.45, 2.75) is 6.92 Å². The van der Waals surface area contributed by atoms with Crippen molar-refractivity contribution in [1.82, 2.24) is 9.78 Å². The Balaban J connectivity index is 2.45. The second-order valence-corrected chi connectivity index (χ2v) is 4.20. The molecule has 0 aliphatic rings. The standard InChI is InChI=1S/C13H16N4O3/c1-8-6-12(17(2)15-8)20-11-7-9(19-3)4-5-10(11)13(14)16-18/h4-7,18H,1-3H3,(H2,14,16). The first kappa shape index (κ1) is 13.7. The zero-order valence-electron chi connectivity index (χ0n) is 11.5. The first-order valence-corrected chi connectivity index (χ1v) is 5.89. The Morgan fingerprint density at radius 2 is 2.15 bits per heavy atom. The van der Waals surface area contributed by atoms with E-state index in [4.69, 9.17) is 20.4 Å². The molecule has 2 aromatic rings. The van der Waals surface area contributed by atoms with Crippen LogP contribution in [0.1, 0.15) is 11.3 Å². The molecule has 0 fully saturated rings. The fourth-order valence-electron chi connectivity index (χ4n) is 1.77. The number of oxime groups is 1. The highest BCUT2D eigenvalue weighted by atomic mass is 16.5. The molecule has 0 bridgehead atoms. The van der Waals surface area contributed by atoms with Crippen molar-refractivity contribution in [3.63, 3.8) is 0 Å². The van der Waals surface area contributed by atoms with Gasteiger partial charge in [0.2, 0.25) is 5.88 Å². The summed E-state index contributed by atoms with van der Waals surface area (Å²) in [5.41, 5.74) is 6.93. The van der Waals surface area contributed by atoms with Gasteiger partial charge in [-0.1, -0.05) is 5.16 Å². The van der Waals surface area contributed by atoms with E-state index in [1.54, 1.807) is 43.1 Å². The fraction of sp³-hybridized carbons (Fsp3) is 0.231. The van der Waals surface area contributed by atoms with E-state index < -0.39 is 0 Å². The van der Waals surface area contributed by atoms with Gasteiger partial charge in [0.05, 0.1) is 18.4 Å². The molecule has 1 heterocycles. The average Bonchev–Trinajstić information content (AvgIpc) is 2.76. The number of nitrogens with two attached hydrogens (primary N) is 1. The number of rotatable bonds is 4. The lowest BCUT2D eigenvalue weighted by Gasteiger charge is -2.11. The highest BCUT2D eigenvalue weighted by Gasteiger charge is 2.13. The largest absolute Gasteiger partial charge is 0.497 e. The second kappa shape index (κ2) is 5.52. The third kappa shape index (κ3) is 2.66. The van der Waals surface area contributed by atoms with E-state index in [2.05, 4.69) is 10.3 Å². The van der Waals surface area contributed by atoms with Crippen LogP contribution in [0.2, 0.25) is 0 Å². The summed E-state index contributed by atoms with van der Waals surface area (Å²) in [4.78, 5) is 0. The predicted molar refractivity (Wildman–Crippen MR) is 73.5 cm³/mol. The van der Waals surface area contributed by atoms with Crippen LogP contribution < -0.4 is 15.2 Å². The number of nitrogens with zero attached hydrogens (tertiary/aromatic N) is 3. The number of hydrogen-bond acceptors (Lipinski definition) is 5. The predicted octanol–water partition coefficient (Wildman–Crippen LogP) is 1.62. The van der Waals surface area contributed by atoms with Crippen LogP contribution in [0.4, 0.5) is 0 Å². The van der Waals surface area contributed by atoms with Crippen molar-refractivity contribution in [3.05, 3.63) is 35.5 Å². The van der Waals surface area contributed by atoms with Gasteiger partial charge in [-0.25, -0.2) is 4.68 Å². The van der Waals surface area contributed by atoms with Crippen LogP contribution in [0.3, 0.4) is 0 Å². The highest BCUT2D eigenvalue weighted by Crippen LogP contribution is 2.29. The van der Waals surface area contributed by atoms with Crippen molar-refractivity contribution in [1.29, 1.82) is 0 Å². The molecule has 0 spiro atoms. The van der Waals surface area contributed by atoms with Gasteiger partial charge in [0.15, 0.2) is 5.84 Å². The Bertz CT molecular complexity index is 649. The van der Waals surface area contributed by atoms with Crippen molar-refractivity contribution in [2.75, 3.05) is 7.11 Å². The maximum atomic E-state index is 8.82. The SMILES string of the molecule is COc1ccc(/C(N)=N/O)c(Oc2cc(C)nn2C)c1. The van der Waals surface area contributed by atoms with E-state index in [0.29, 0.717) is 22.9 Å². The van der Waals surface area contributed by atoms with Crippen molar-refractivity contribution in [3.8, 4) is 17.4 Å². The molecular formula is C13H16N4O3. The molecule has 0 radical (unpaired) electrons. The highest BCUT2D eigenvalue weighted by molar-refractivity contribution is 5.99. The van der Waals surface area contributed by atoms with Crippen LogP contribution in [0.15, 0.2) is 29.4 Å². The van der Waals surface area contributed by atoms with Crippen LogP contribution in [-0.2, 0) is 7.05 Å². The minimum absolute atomic E-state index is 0.0402. The summed E-state index contributed by atoms with van der Waals surface area (Å²) in [5, 5.41) is 16.0. The Hall–Kier alpha value is -2.70. The normalized spacial score (nSPS) is 11.4. The van der Waals surface area contributed by atoms with Gasteiger partial charge < -0.3 is 20.4 Å². The smallest absolute Gasteiger partial charge is 0.217 e. The summed E-state index contributed by atoms with van der Waals surface area (Å²) in [6.45, 7) is 1.86. The number of methoxy groups -OCH3 is 1. The van der Waals surface area contributed by atoms with Crippen LogP contribution in [0, 0.1) is 6.92 Å². The molecule has 0 unspecified atom stereocenters. The van der Waals surface area contributed by atoms with Gasteiger partial charge in [-0.15, -0.1) is 0 Å². The van der Waals surface area contributed by atoms with Gasteiger partial charge in [-0.3, -0.25) is 0 Å². The van der Waals surface area contributed by atoms with Crippen molar-refractivity contribution >= 4 is 5.84 Å². The fourth-order valence-corrected chi connectivity index (χ4v) is 1.77. The van der Waals surface area contributed by atoms with E-state index >= 15 is 0 Å². The average molecular weight is 276 g/mol. The number of amidine groups is 1. The van der Waals surface area contributed by atoms with Gasteiger partial charge in [0, 0.05) is 19.2 Å². The third-order valence-electron chi connectivity index (χ3n) is 2.75. The zero-order valence-corrected chi connectivity index (χ0v) is 11.5. The summed E-state index contributed by atoms with van der Waals surface area (Å²) in [6.07, 6.45) is 0. The Morgan fingerprint density at radius 1 is 1.40 bits per heavy atom. The molecule has 0 saturated heterocycles. The number of aromatic nitrogens is 2. The Labute approximate surface area is 116 Å². The lowest BCUT2D eigenvalue weighted by atomic mass is 10.2.